The minimum Gasteiger partial charge on any atom is -0.263 e. The molecule has 0 atom stereocenters. The topological polar surface area (TPSA) is 83.1 Å². The van der Waals surface area contributed by atoms with Crippen molar-refractivity contribution in [3.8, 4) is 0 Å². The molecule has 0 saturated carbocycles. The first-order valence-corrected chi connectivity index (χ1v) is 10.6. The smallest absolute Gasteiger partial charge is 0.150 e. The van der Waals surface area contributed by atoms with Crippen molar-refractivity contribution >= 4 is 0 Å². The van der Waals surface area contributed by atoms with Gasteiger partial charge in [0.15, 0.2) is 11.6 Å². The van der Waals surface area contributed by atoms with Gasteiger partial charge in [-0.2, -0.15) is 10.2 Å². The summed E-state index contributed by atoms with van der Waals surface area (Å²) in [4.78, 5) is 9.18. The van der Waals surface area contributed by atoms with Crippen molar-refractivity contribution in [2.24, 2.45) is 0 Å². The van der Waals surface area contributed by atoms with Crippen LogP contribution in [0.2, 0.25) is 0 Å². The summed E-state index contributed by atoms with van der Waals surface area (Å²) in [5.74, 6) is 4.05. The number of nitrogens with one attached hydrogen (secondary N) is 2. The summed E-state index contributed by atoms with van der Waals surface area (Å²) in [6.07, 6.45) is 16.2. The Morgan fingerprint density at radius 1 is 0.538 bits per heavy atom. The van der Waals surface area contributed by atoms with E-state index in [4.69, 9.17) is 0 Å². The lowest BCUT2D eigenvalue weighted by molar-refractivity contribution is 0.621. The van der Waals surface area contributed by atoms with Crippen LogP contribution in [0.5, 0.6) is 0 Å². The lowest BCUT2D eigenvalue weighted by Gasteiger charge is -1.98. The summed E-state index contributed by atoms with van der Waals surface area (Å²) in [5.41, 5.74) is 0. The second-order valence-electron chi connectivity index (χ2n) is 7.23. The second-order valence-corrected chi connectivity index (χ2v) is 7.23. The largest absolute Gasteiger partial charge is 0.263 e. The normalized spacial score (nSPS) is 11.3. The molecule has 0 radical (unpaired) electrons. The third kappa shape index (κ3) is 8.11. The van der Waals surface area contributed by atoms with E-state index >= 15 is 0 Å². The Morgan fingerprint density at radius 3 is 1.38 bits per heavy atom. The van der Waals surface area contributed by atoms with Gasteiger partial charge in [0.2, 0.25) is 0 Å². The van der Waals surface area contributed by atoms with E-state index in [1.807, 2.05) is 0 Å². The molecule has 0 fully saturated rings. The van der Waals surface area contributed by atoms with Gasteiger partial charge in [-0.1, -0.05) is 52.4 Å². The van der Waals surface area contributed by atoms with Gasteiger partial charge < -0.3 is 0 Å². The van der Waals surface area contributed by atoms with Crippen LogP contribution in [0.4, 0.5) is 0 Å². The predicted octanol–water partition coefficient (Wildman–Crippen LogP) is 4.73. The number of H-pyrrole nitrogens is 2. The average molecular weight is 361 g/mol. The molecule has 2 heterocycles. The molecule has 2 aromatic rings. The Labute approximate surface area is 158 Å². The molecular formula is C20H36N6. The van der Waals surface area contributed by atoms with Crippen LogP contribution in [-0.2, 0) is 25.7 Å². The zero-order valence-electron chi connectivity index (χ0n) is 16.7. The third-order valence-corrected chi connectivity index (χ3v) is 4.74. The number of nitrogens with zero attached hydrogens (tertiary/aromatic N) is 4. The standard InChI is InChI=1S/C20H36N6/c1-3-5-9-13-17-21-19(25-23-17)15-11-7-8-12-16-20-22-18(24-26-20)14-10-6-4-2/h3-16H2,1-2H3,(H,21,23,25)(H,22,24,26). The first-order valence-electron chi connectivity index (χ1n) is 10.6. The summed E-state index contributed by atoms with van der Waals surface area (Å²) < 4.78 is 0. The monoisotopic (exact) mass is 360 g/mol. The molecule has 2 aromatic heterocycles. The van der Waals surface area contributed by atoms with Crippen molar-refractivity contribution in [1.82, 2.24) is 30.4 Å². The van der Waals surface area contributed by atoms with Gasteiger partial charge in [-0.15, -0.1) is 0 Å². The van der Waals surface area contributed by atoms with E-state index in [0.717, 1.165) is 61.8 Å². The zero-order chi connectivity index (χ0) is 18.5. The van der Waals surface area contributed by atoms with Gasteiger partial charge in [0.05, 0.1) is 0 Å². The summed E-state index contributed by atoms with van der Waals surface area (Å²) in [6, 6.07) is 0. The van der Waals surface area contributed by atoms with Crippen LogP contribution in [0.1, 0.15) is 101 Å². The molecule has 146 valence electrons. The van der Waals surface area contributed by atoms with E-state index in [-0.39, 0.29) is 0 Å². The molecule has 0 spiro atoms. The fourth-order valence-corrected chi connectivity index (χ4v) is 3.12. The van der Waals surface area contributed by atoms with E-state index in [9.17, 15) is 0 Å². The van der Waals surface area contributed by atoms with E-state index in [1.165, 1.54) is 51.4 Å². The predicted molar refractivity (Wildman–Crippen MR) is 105 cm³/mol. The molecule has 0 aliphatic carbocycles. The molecule has 0 amide bonds. The van der Waals surface area contributed by atoms with Gasteiger partial charge in [0, 0.05) is 25.7 Å². The zero-order valence-corrected chi connectivity index (χ0v) is 16.7. The first kappa shape index (κ1) is 20.6. The highest BCUT2D eigenvalue weighted by Gasteiger charge is 2.05. The molecule has 0 aromatic carbocycles. The Balaban J connectivity index is 1.51. The van der Waals surface area contributed by atoms with E-state index in [2.05, 4.69) is 44.2 Å². The van der Waals surface area contributed by atoms with Crippen LogP contribution >= 0.6 is 0 Å². The fourth-order valence-electron chi connectivity index (χ4n) is 3.12. The molecule has 0 unspecified atom stereocenters. The first-order chi connectivity index (χ1) is 12.8. The molecule has 26 heavy (non-hydrogen) atoms. The van der Waals surface area contributed by atoms with Gasteiger partial charge in [-0.3, -0.25) is 10.2 Å². The van der Waals surface area contributed by atoms with Gasteiger partial charge in [-0.25, -0.2) is 9.97 Å². The fraction of sp³-hybridized carbons (Fsp3) is 0.800. The van der Waals surface area contributed by atoms with E-state index < -0.39 is 0 Å². The van der Waals surface area contributed by atoms with Crippen LogP contribution in [0.3, 0.4) is 0 Å². The number of rotatable bonds is 15. The highest BCUT2D eigenvalue weighted by atomic mass is 15.2. The number of aromatic amines is 2. The number of hydrogen-bond donors (Lipinski definition) is 2. The summed E-state index contributed by atoms with van der Waals surface area (Å²) in [5, 5.41) is 14.8. The maximum atomic E-state index is 4.59. The molecule has 0 aliphatic heterocycles. The molecule has 6 heteroatoms. The lowest BCUT2D eigenvalue weighted by Crippen LogP contribution is -1.93. The third-order valence-electron chi connectivity index (χ3n) is 4.74. The number of unbranched alkanes of at least 4 members (excludes halogenated alkanes) is 7. The molecule has 0 aliphatic rings. The van der Waals surface area contributed by atoms with Crippen LogP contribution in [-0.4, -0.2) is 30.4 Å². The number of aromatic nitrogens is 6. The molecule has 0 saturated heterocycles. The van der Waals surface area contributed by atoms with Crippen LogP contribution in [0.15, 0.2) is 0 Å². The van der Waals surface area contributed by atoms with Gasteiger partial charge in [-0.05, 0) is 25.7 Å². The lowest BCUT2D eigenvalue weighted by atomic mass is 10.1. The van der Waals surface area contributed by atoms with Gasteiger partial charge in [0.1, 0.15) is 11.6 Å². The molecule has 6 nitrogen and oxygen atoms in total. The second kappa shape index (κ2) is 12.6. The minimum absolute atomic E-state index is 0.974. The van der Waals surface area contributed by atoms with Crippen LogP contribution in [0, 0.1) is 0 Å². The van der Waals surface area contributed by atoms with Crippen molar-refractivity contribution in [2.45, 2.75) is 104 Å². The minimum atomic E-state index is 0.974. The van der Waals surface area contributed by atoms with E-state index in [1.54, 1.807) is 0 Å². The van der Waals surface area contributed by atoms with Crippen LogP contribution in [0.25, 0.3) is 0 Å². The summed E-state index contributed by atoms with van der Waals surface area (Å²) >= 11 is 0. The van der Waals surface area contributed by atoms with Crippen molar-refractivity contribution in [3.63, 3.8) is 0 Å². The highest BCUT2D eigenvalue weighted by Crippen LogP contribution is 2.09. The number of hydrogen-bond acceptors (Lipinski definition) is 4. The molecular weight excluding hydrogens is 324 g/mol. The van der Waals surface area contributed by atoms with Crippen LogP contribution < -0.4 is 0 Å². The SMILES string of the molecule is CCCCCc1nc(CCCCCCc2n[nH]c(CCCCC)n2)n[nH]1. The van der Waals surface area contributed by atoms with Gasteiger partial charge >= 0.3 is 0 Å². The molecule has 0 bridgehead atoms. The Bertz CT molecular complexity index is 536. The highest BCUT2D eigenvalue weighted by molar-refractivity contribution is 4.91. The number of aryl methyl sites for hydroxylation is 4. The maximum Gasteiger partial charge on any atom is 0.150 e. The Kier molecular flexibility index (Phi) is 9.98. The molecule has 2 rings (SSSR count). The van der Waals surface area contributed by atoms with Crippen molar-refractivity contribution in [2.75, 3.05) is 0 Å². The van der Waals surface area contributed by atoms with Crippen molar-refractivity contribution in [3.05, 3.63) is 23.3 Å². The van der Waals surface area contributed by atoms with Crippen molar-refractivity contribution < 1.29 is 0 Å². The van der Waals surface area contributed by atoms with Crippen molar-refractivity contribution in [1.29, 1.82) is 0 Å². The summed E-state index contributed by atoms with van der Waals surface area (Å²) in [6.45, 7) is 4.45. The maximum absolute atomic E-state index is 4.59. The summed E-state index contributed by atoms with van der Waals surface area (Å²) in [7, 11) is 0. The van der Waals surface area contributed by atoms with Gasteiger partial charge in [0.25, 0.3) is 0 Å². The average Bonchev–Trinajstić information content (AvgIpc) is 3.28. The van der Waals surface area contributed by atoms with E-state index in [0.29, 0.717) is 0 Å². The molecule has 2 N–H and O–H groups in total. The Morgan fingerprint density at radius 2 is 0.962 bits per heavy atom. The quantitative estimate of drug-likeness (QED) is 0.450. The Hall–Kier alpha value is -1.72.